The Hall–Kier alpha value is -1.00. The van der Waals surface area contributed by atoms with Crippen molar-refractivity contribution in [2.24, 2.45) is 5.92 Å². The highest BCUT2D eigenvalue weighted by molar-refractivity contribution is 5.10. The lowest BCUT2D eigenvalue weighted by atomic mass is 10.1. The number of halogens is 1. The van der Waals surface area contributed by atoms with Crippen molar-refractivity contribution in [2.75, 3.05) is 26.7 Å². The van der Waals surface area contributed by atoms with E-state index >= 15 is 0 Å². The minimum Gasteiger partial charge on any atom is -0.309 e. The minimum atomic E-state index is -0.270. The molecule has 0 saturated heterocycles. The van der Waals surface area contributed by atoms with Crippen LogP contribution in [0.1, 0.15) is 44.3 Å². The molecule has 1 aliphatic rings. The average Bonchev–Trinajstić information content (AvgIpc) is 3.24. The first-order valence-corrected chi connectivity index (χ1v) is 7.72. The Labute approximate surface area is 121 Å². The first-order chi connectivity index (χ1) is 9.69. The Bertz CT molecular complexity index is 389. The monoisotopic (exact) mass is 279 g/mol. The summed E-state index contributed by atoms with van der Waals surface area (Å²) in [5, 5.41) is 3.52. The van der Waals surface area contributed by atoms with Gasteiger partial charge in [0, 0.05) is 6.54 Å². The van der Waals surface area contributed by atoms with Crippen LogP contribution in [0.2, 0.25) is 0 Å². The van der Waals surface area contributed by atoms with Crippen LogP contribution >= 0.6 is 0 Å². The molecule has 112 valence electrons. The van der Waals surface area contributed by atoms with Crippen molar-refractivity contribution in [3.63, 3.8) is 0 Å². The average molecular weight is 279 g/mol. The molecule has 1 unspecified atom stereocenters. The number of pyridine rings is 1. The van der Waals surface area contributed by atoms with Gasteiger partial charge in [-0.25, -0.2) is 4.39 Å². The van der Waals surface area contributed by atoms with Crippen molar-refractivity contribution in [3.05, 3.63) is 29.8 Å². The van der Waals surface area contributed by atoms with E-state index in [0.717, 1.165) is 37.5 Å². The zero-order valence-corrected chi connectivity index (χ0v) is 12.6. The maximum atomic E-state index is 13.0. The Balaban J connectivity index is 1.86. The van der Waals surface area contributed by atoms with Crippen LogP contribution in [0.3, 0.4) is 0 Å². The molecule has 0 bridgehead atoms. The molecule has 0 aromatic carbocycles. The molecule has 1 aromatic rings. The molecule has 4 heteroatoms. The summed E-state index contributed by atoms with van der Waals surface area (Å²) >= 11 is 0. The highest BCUT2D eigenvalue weighted by atomic mass is 19.1. The van der Waals surface area contributed by atoms with E-state index in [9.17, 15) is 4.39 Å². The number of nitrogens with one attached hydrogen (secondary N) is 1. The lowest BCUT2D eigenvalue weighted by Gasteiger charge is -2.22. The van der Waals surface area contributed by atoms with Gasteiger partial charge >= 0.3 is 0 Å². The second kappa shape index (κ2) is 7.70. The van der Waals surface area contributed by atoms with Crippen molar-refractivity contribution in [2.45, 2.75) is 38.6 Å². The van der Waals surface area contributed by atoms with Crippen molar-refractivity contribution < 1.29 is 4.39 Å². The van der Waals surface area contributed by atoms with E-state index in [1.54, 1.807) is 6.07 Å². The molecule has 20 heavy (non-hydrogen) atoms. The second-order valence-electron chi connectivity index (χ2n) is 5.90. The lowest BCUT2D eigenvalue weighted by Crippen LogP contribution is -2.29. The Kier molecular flexibility index (Phi) is 5.92. The lowest BCUT2D eigenvalue weighted by molar-refractivity contribution is 0.295. The largest absolute Gasteiger partial charge is 0.309 e. The van der Waals surface area contributed by atoms with Gasteiger partial charge in [0.2, 0.25) is 0 Å². The van der Waals surface area contributed by atoms with Gasteiger partial charge in [0.15, 0.2) is 0 Å². The standard InChI is InChI=1S/C16H26FN3/c1-3-9-18-16(15-7-6-14(17)11-19-15)8-10-20(2)12-13-4-5-13/h6-7,11,13,16,18H,3-5,8-10,12H2,1-2H3. The van der Waals surface area contributed by atoms with Gasteiger partial charge < -0.3 is 10.2 Å². The molecule has 1 N–H and O–H groups in total. The van der Waals surface area contributed by atoms with Crippen LogP contribution < -0.4 is 5.32 Å². The van der Waals surface area contributed by atoms with Gasteiger partial charge in [0.25, 0.3) is 0 Å². The van der Waals surface area contributed by atoms with Crippen LogP contribution in [0.4, 0.5) is 4.39 Å². The van der Waals surface area contributed by atoms with E-state index in [2.05, 4.69) is 29.2 Å². The van der Waals surface area contributed by atoms with Crippen LogP contribution in [0.25, 0.3) is 0 Å². The maximum absolute atomic E-state index is 13.0. The Morgan fingerprint density at radius 2 is 2.25 bits per heavy atom. The summed E-state index contributed by atoms with van der Waals surface area (Å²) < 4.78 is 13.0. The normalized spacial score (nSPS) is 16.6. The maximum Gasteiger partial charge on any atom is 0.141 e. The summed E-state index contributed by atoms with van der Waals surface area (Å²) in [6, 6.07) is 3.51. The SMILES string of the molecule is CCCNC(CCN(C)CC1CC1)c1ccc(F)cn1. The highest BCUT2D eigenvalue weighted by Crippen LogP contribution is 2.29. The number of nitrogens with zero attached hydrogens (tertiary/aromatic N) is 2. The molecule has 0 radical (unpaired) electrons. The van der Waals surface area contributed by atoms with E-state index in [1.807, 2.05) is 0 Å². The van der Waals surface area contributed by atoms with E-state index in [0.29, 0.717) is 0 Å². The molecule has 0 aliphatic heterocycles. The molecule has 1 aliphatic carbocycles. The summed E-state index contributed by atoms with van der Waals surface area (Å²) in [5.74, 6) is 0.653. The summed E-state index contributed by atoms with van der Waals surface area (Å²) in [5.41, 5.74) is 0.944. The molecule has 0 spiro atoms. The third-order valence-corrected chi connectivity index (χ3v) is 3.81. The topological polar surface area (TPSA) is 28.2 Å². The first kappa shape index (κ1) is 15.4. The van der Waals surface area contributed by atoms with Crippen molar-refractivity contribution in [1.29, 1.82) is 0 Å². The third kappa shape index (κ3) is 5.17. The van der Waals surface area contributed by atoms with Crippen LogP contribution in [0.5, 0.6) is 0 Å². The fourth-order valence-electron chi connectivity index (χ4n) is 2.45. The predicted molar refractivity (Wildman–Crippen MR) is 80.1 cm³/mol. The Morgan fingerprint density at radius 1 is 1.45 bits per heavy atom. The fourth-order valence-corrected chi connectivity index (χ4v) is 2.45. The van der Waals surface area contributed by atoms with Crippen LogP contribution in [-0.2, 0) is 0 Å². The molecule has 1 saturated carbocycles. The molecule has 3 nitrogen and oxygen atoms in total. The van der Waals surface area contributed by atoms with Crippen molar-refractivity contribution in [1.82, 2.24) is 15.2 Å². The quantitative estimate of drug-likeness (QED) is 0.753. The molecule has 1 atom stereocenters. The molecule has 1 aromatic heterocycles. The first-order valence-electron chi connectivity index (χ1n) is 7.72. The number of hydrogen-bond donors (Lipinski definition) is 1. The fraction of sp³-hybridized carbons (Fsp3) is 0.688. The zero-order valence-electron chi connectivity index (χ0n) is 12.6. The van der Waals surface area contributed by atoms with Crippen molar-refractivity contribution >= 4 is 0 Å². The summed E-state index contributed by atoms with van der Waals surface area (Å²) in [6.45, 7) is 5.38. The number of rotatable bonds is 9. The molecule has 1 fully saturated rings. The van der Waals surface area contributed by atoms with Gasteiger partial charge in [-0.15, -0.1) is 0 Å². The molecular weight excluding hydrogens is 253 g/mol. The van der Waals surface area contributed by atoms with E-state index < -0.39 is 0 Å². The second-order valence-corrected chi connectivity index (χ2v) is 5.90. The van der Waals surface area contributed by atoms with Crippen LogP contribution in [0, 0.1) is 11.7 Å². The molecular formula is C16H26FN3. The van der Waals surface area contributed by atoms with E-state index in [1.165, 1.54) is 31.6 Å². The van der Waals surface area contributed by atoms with Gasteiger partial charge in [-0.05, 0) is 63.9 Å². The molecule has 1 heterocycles. The minimum absolute atomic E-state index is 0.220. The smallest absolute Gasteiger partial charge is 0.141 e. The van der Waals surface area contributed by atoms with Gasteiger partial charge in [0.1, 0.15) is 5.82 Å². The van der Waals surface area contributed by atoms with E-state index in [-0.39, 0.29) is 11.9 Å². The van der Waals surface area contributed by atoms with Gasteiger partial charge in [-0.2, -0.15) is 0 Å². The highest BCUT2D eigenvalue weighted by Gasteiger charge is 2.23. The van der Waals surface area contributed by atoms with Gasteiger partial charge in [0.05, 0.1) is 17.9 Å². The zero-order chi connectivity index (χ0) is 14.4. The predicted octanol–water partition coefficient (Wildman–Crippen LogP) is 2.99. The molecule has 2 rings (SSSR count). The van der Waals surface area contributed by atoms with E-state index in [4.69, 9.17) is 0 Å². The van der Waals surface area contributed by atoms with Crippen LogP contribution in [0.15, 0.2) is 18.3 Å². The number of aromatic nitrogens is 1. The number of hydrogen-bond acceptors (Lipinski definition) is 3. The van der Waals surface area contributed by atoms with Gasteiger partial charge in [-0.3, -0.25) is 4.98 Å². The third-order valence-electron chi connectivity index (χ3n) is 3.81. The van der Waals surface area contributed by atoms with Crippen molar-refractivity contribution in [3.8, 4) is 0 Å². The van der Waals surface area contributed by atoms with Crippen LogP contribution in [-0.4, -0.2) is 36.6 Å². The summed E-state index contributed by atoms with van der Waals surface area (Å²) in [4.78, 5) is 6.63. The van der Waals surface area contributed by atoms with Gasteiger partial charge in [-0.1, -0.05) is 6.92 Å². The summed E-state index contributed by atoms with van der Waals surface area (Å²) in [6.07, 6.45) is 6.20. The Morgan fingerprint density at radius 3 is 2.85 bits per heavy atom. The summed E-state index contributed by atoms with van der Waals surface area (Å²) in [7, 11) is 2.19. The molecule has 0 amide bonds.